The Kier molecular flexibility index (Phi) is 2.88. The van der Waals surface area contributed by atoms with Crippen molar-refractivity contribution in [2.75, 3.05) is 0 Å². The lowest BCUT2D eigenvalue weighted by Gasteiger charge is -2.06. The van der Waals surface area contributed by atoms with Crippen LogP contribution in [0.3, 0.4) is 0 Å². The lowest BCUT2D eigenvalue weighted by Crippen LogP contribution is -1.94. The largest absolute Gasteiger partial charge is 0.489 e. The summed E-state index contributed by atoms with van der Waals surface area (Å²) in [5.41, 5.74) is 9.04. The van der Waals surface area contributed by atoms with E-state index in [4.69, 9.17) is 10.5 Å². The summed E-state index contributed by atoms with van der Waals surface area (Å²) in [6, 6.07) is 17.1. The molecule has 0 unspecified atom stereocenters. The van der Waals surface area contributed by atoms with Gasteiger partial charge in [0.1, 0.15) is 12.4 Å². The molecule has 1 radical (unpaired) electrons. The molecule has 75 valence electrons. The molecule has 2 heteroatoms. The van der Waals surface area contributed by atoms with Crippen molar-refractivity contribution in [3.63, 3.8) is 0 Å². The van der Waals surface area contributed by atoms with E-state index < -0.39 is 0 Å². The number of hydrogen-bond acceptors (Lipinski definition) is 1. The third-order valence-electron chi connectivity index (χ3n) is 2.08. The molecule has 0 aromatic heterocycles. The van der Waals surface area contributed by atoms with Crippen molar-refractivity contribution in [2.45, 2.75) is 6.61 Å². The Morgan fingerprint density at radius 1 is 0.933 bits per heavy atom. The van der Waals surface area contributed by atoms with Crippen LogP contribution in [0.25, 0.3) is 0 Å². The highest BCUT2D eigenvalue weighted by molar-refractivity contribution is 5.40. The van der Waals surface area contributed by atoms with Crippen molar-refractivity contribution in [1.82, 2.24) is 5.73 Å². The number of hydrogen-bond donors (Lipinski definition) is 0. The fourth-order valence-electron chi connectivity index (χ4n) is 1.33. The first-order valence-electron chi connectivity index (χ1n) is 4.83. The molecule has 0 aliphatic carbocycles. The van der Waals surface area contributed by atoms with Crippen molar-refractivity contribution < 1.29 is 4.74 Å². The van der Waals surface area contributed by atoms with Crippen LogP contribution in [0, 0.1) is 0 Å². The van der Waals surface area contributed by atoms with Gasteiger partial charge in [-0.1, -0.05) is 36.4 Å². The maximum absolute atomic E-state index is 7.44. The van der Waals surface area contributed by atoms with Crippen LogP contribution in [0.2, 0.25) is 0 Å². The van der Waals surface area contributed by atoms with Gasteiger partial charge in [0.25, 0.3) is 0 Å². The lowest BCUT2D eigenvalue weighted by atomic mass is 10.2. The molecule has 2 aromatic rings. The Labute approximate surface area is 89.3 Å². The lowest BCUT2D eigenvalue weighted by molar-refractivity contribution is 0.306. The highest BCUT2D eigenvalue weighted by atomic mass is 16.5. The Morgan fingerprint density at radius 2 is 1.73 bits per heavy atom. The molecule has 15 heavy (non-hydrogen) atoms. The molecule has 0 aliphatic heterocycles. The van der Waals surface area contributed by atoms with E-state index in [9.17, 15) is 0 Å². The maximum Gasteiger partial charge on any atom is 0.121 e. The normalized spacial score (nSPS) is 9.87. The second kappa shape index (κ2) is 4.51. The maximum atomic E-state index is 7.44. The molecule has 0 atom stereocenters. The average Bonchev–Trinajstić information content (AvgIpc) is 2.28. The summed E-state index contributed by atoms with van der Waals surface area (Å²) in [5, 5.41) is 0. The van der Waals surface area contributed by atoms with Crippen LogP contribution in [0.15, 0.2) is 54.6 Å². The van der Waals surface area contributed by atoms with E-state index in [0.29, 0.717) is 12.3 Å². The zero-order valence-corrected chi connectivity index (χ0v) is 8.31. The van der Waals surface area contributed by atoms with Crippen LogP contribution >= 0.6 is 0 Å². The monoisotopic (exact) mass is 198 g/mol. The highest BCUT2D eigenvalue weighted by Crippen LogP contribution is 2.16. The third kappa shape index (κ3) is 2.74. The van der Waals surface area contributed by atoms with Crippen molar-refractivity contribution in [1.29, 1.82) is 0 Å². The molecule has 1 N–H and O–H groups in total. The Balaban J connectivity index is 1.99. The van der Waals surface area contributed by atoms with Crippen LogP contribution in [0.5, 0.6) is 5.75 Å². The summed E-state index contributed by atoms with van der Waals surface area (Å²) >= 11 is 0. The van der Waals surface area contributed by atoms with E-state index in [1.807, 2.05) is 42.5 Å². The van der Waals surface area contributed by atoms with E-state index >= 15 is 0 Å². The number of benzene rings is 2. The van der Waals surface area contributed by atoms with Gasteiger partial charge in [0, 0.05) is 6.07 Å². The summed E-state index contributed by atoms with van der Waals surface area (Å²) in [5.74, 6) is 0.742. The molecule has 0 aliphatic rings. The molecule has 2 nitrogen and oxygen atoms in total. The summed E-state index contributed by atoms with van der Waals surface area (Å²) in [6.07, 6.45) is 0. The van der Waals surface area contributed by atoms with E-state index in [1.165, 1.54) is 0 Å². The SMILES string of the molecule is [NH]c1cccc(OCc2ccccc2)c1. The van der Waals surface area contributed by atoms with Gasteiger partial charge in [-0.2, -0.15) is 0 Å². The second-order valence-electron chi connectivity index (χ2n) is 3.30. The molecular weight excluding hydrogens is 186 g/mol. The van der Waals surface area contributed by atoms with E-state index in [1.54, 1.807) is 12.1 Å². The fraction of sp³-hybridized carbons (Fsp3) is 0.0769. The molecule has 0 amide bonds. The van der Waals surface area contributed by atoms with Gasteiger partial charge < -0.3 is 10.5 Å². The molecule has 2 aromatic carbocycles. The second-order valence-corrected chi connectivity index (χ2v) is 3.30. The minimum absolute atomic E-state index is 0.473. The quantitative estimate of drug-likeness (QED) is 0.745. The number of nitrogens with one attached hydrogen (secondary N) is 1. The van der Waals surface area contributed by atoms with Gasteiger partial charge in [-0.25, -0.2) is 0 Å². The molecule has 2 rings (SSSR count). The van der Waals surface area contributed by atoms with Crippen molar-refractivity contribution in [3.8, 4) is 5.75 Å². The average molecular weight is 198 g/mol. The minimum atomic E-state index is 0.473. The van der Waals surface area contributed by atoms with Gasteiger partial charge in [-0.3, -0.25) is 0 Å². The Morgan fingerprint density at radius 3 is 2.47 bits per heavy atom. The smallest absolute Gasteiger partial charge is 0.121 e. The molecule has 0 heterocycles. The van der Waals surface area contributed by atoms with Crippen LogP contribution < -0.4 is 10.5 Å². The van der Waals surface area contributed by atoms with Crippen molar-refractivity contribution >= 4 is 5.69 Å². The van der Waals surface area contributed by atoms with Crippen molar-refractivity contribution in [2.24, 2.45) is 0 Å². The molecule has 0 saturated heterocycles. The summed E-state index contributed by atoms with van der Waals surface area (Å²) in [4.78, 5) is 0. The standard InChI is InChI=1S/C13H12NO/c14-12-7-4-8-13(9-12)15-10-11-5-2-1-3-6-11/h1-9,14H,10H2. The molecular formula is C13H12NO. The van der Waals surface area contributed by atoms with Crippen LogP contribution in [0.1, 0.15) is 5.56 Å². The summed E-state index contributed by atoms with van der Waals surface area (Å²) < 4.78 is 5.55. The zero-order valence-electron chi connectivity index (χ0n) is 8.31. The van der Waals surface area contributed by atoms with Gasteiger partial charge in [-0.05, 0) is 17.7 Å². The van der Waals surface area contributed by atoms with Crippen LogP contribution in [0.4, 0.5) is 5.69 Å². The Hall–Kier alpha value is -1.96. The third-order valence-corrected chi connectivity index (χ3v) is 2.08. The van der Waals surface area contributed by atoms with Gasteiger partial charge in [0.15, 0.2) is 0 Å². The summed E-state index contributed by atoms with van der Waals surface area (Å²) in [7, 11) is 0. The predicted molar refractivity (Wildman–Crippen MR) is 60.0 cm³/mol. The molecule has 0 fully saturated rings. The van der Waals surface area contributed by atoms with E-state index in [2.05, 4.69) is 0 Å². The molecule has 0 spiro atoms. The Bertz CT molecular complexity index is 426. The fourth-order valence-corrected chi connectivity index (χ4v) is 1.33. The number of rotatable bonds is 3. The van der Waals surface area contributed by atoms with Gasteiger partial charge in [0.2, 0.25) is 0 Å². The van der Waals surface area contributed by atoms with Crippen molar-refractivity contribution in [3.05, 3.63) is 60.2 Å². The number of ether oxygens (including phenoxy) is 1. The first-order valence-corrected chi connectivity index (χ1v) is 4.83. The summed E-state index contributed by atoms with van der Waals surface area (Å²) in [6.45, 7) is 0.546. The van der Waals surface area contributed by atoms with Gasteiger partial charge in [0.05, 0.1) is 5.69 Å². The van der Waals surface area contributed by atoms with Gasteiger partial charge >= 0.3 is 0 Å². The first-order chi connectivity index (χ1) is 7.34. The predicted octanol–water partition coefficient (Wildman–Crippen LogP) is 3.18. The van der Waals surface area contributed by atoms with Gasteiger partial charge in [-0.15, -0.1) is 0 Å². The van der Waals surface area contributed by atoms with E-state index in [0.717, 1.165) is 11.3 Å². The molecule has 0 saturated carbocycles. The van der Waals surface area contributed by atoms with Crippen LogP contribution in [-0.4, -0.2) is 0 Å². The topological polar surface area (TPSA) is 33.0 Å². The molecule has 0 bridgehead atoms. The zero-order chi connectivity index (χ0) is 10.5. The minimum Gasteiger partial charge on any atom is -0.489 e. The van der Waals surface area contributed by atoms with Crippen LogP contribution in [-0.2, 0) is 6.61 Å². The highest BCUT2D eigenvalue weighted by Gasteiger charge is 1.95. The van der Waals surface area contributed by atoms with E-state index in [-0.39, 0.29) is 0 Å². The first kappa shape index (κ1) is 9.59.